The van der Waals surface area contributed by atoms with Crippen LogP contribution in [0.2, 0.25) is 5.02 Å². The number of phenolic OH excluding ortho intramolecular Hbond substituents is 1. The molecule has 2 aromatic rings. The summed E-state index contributed by atoms with van der Waals surface area (Å²) < 4.78 is 5.48. The van der Waals surface area contributed by atoms with Gasteiger partial charge in [0, 0.05) is 5.02 Å². The van der Waals surface area contributed by atoms with Gasteiger partial charge >= 0.3 is 6.03 Å². The molecule has 1 aliphatic heterocycles. The number of rotatable bonds is 3. The molecular formula is C17H12BrClN2O4. The molecule has 0 aliphatic carbocycles. The third-order valence-corrected chi connectivity index (χ3v) is 4.40. The van der Waals surface area contributed by atoms with Crippen molar-refractivity contribution in [3.05, 3.63) is 57.2 Å². The van der Waals surface area contributed by atoms with Crippen LogP contribution in [0.25, 0.3) is 6.08 Å². The van der Waals surface area contributed by atoms with E-state index in [0.29, 0.717) is 20.7 Å². The van der Waals surface area contributed by atoms with Crippen LogP contribution in [0.4, 0.5) is 10.5 Å². The van der Waals surface area contributed by atoms with E-state index in [2.05, 4.69) is 21.2 Å². The number of aromatic hydroxyl groups is 1. The van der Waals surface area contributed by atoms with Crippen LogP contribution in [-0.2, 0) is 4.79 Å². The third kappa shape index (κ3) is 3.33. The molecule has 0 saturated carbocycles. The Balaban J connectivity index is 1.95. The molecule has 0 unspecified atom stereocenters. The number of imide groups is 1. The van der Waals surface area contributed by atoms with Crippen molar-refractivity contribution in [3.63, 3.8) is 0 Å². The molecule has 1 heterocycles. The second-order valence-electron chi connectivity index (χ2n) is 5.16. The van der Waals surface area contributed by atoms with Gasteiger partial charge in [0.15, 0.2) is 11.5 Å². The summed E-state index contributed by atoms with van der Waals surface area (Å²) in [7, 11) is 1.42. The van der Waals surface area contributed by atoms with Crippen LogP contribution < -0.4 is 15.0 Å². The lowest BCUT2D eigenvalue weighted by Crippen LogP contribution is -2.30. The van der Waals surface area contributed by atoms with Crippen molar-refractivity contribution in [2.24, 2.45) is 0 Å². The van der Waals surface area contributed by atoms with Gasteiger partial charge in [0.1, 0.15) is 5.70 Å². The maximum Gasteiger partial charge on any atom is 0.333 e. The molecule has 0 bridgehead atoms. The average molecular weight is 424 g/mol. The number of nitrogens with zero attached hydrogens (tertiary/aromatic N) is 1. The molecule has 0 atom stereocenters. The Hall–Kier alpha value is -2.51. The molecule has 3 rings (SSSR count). The van der Waals surface area contributed by atoms with Crippen molar-refractivity contribution >= 4 is 51.2 Å². The first-order chi connectivity index (χ1) is 11.9. The lowest BCUT2D eigenvalue weighted by atomic mass is 10.1. The summed E-state index contributed by atoms with van der Waals surface area (Å²) in [5.41, 5.74) is 1.10. The van der Waals surface area contributed by atoms with Crippen molar-refractivity contribution in [3.8, 4) is 11.5 Å². The topological polar surface area (TPSA) is 78.9 Å². The van der Waals surface area contributed by atoms with Crippen LogP contribution in [-0.4, -0.2) is 24.2 Å². The number of benzene rings is 2. The normalized spacial score (nSPS) is 15.6. The van der Waals surface area contributed by atoms with Crippen LogP contribution >= 0.6 is 27.5 Å². The summed E-state index contributed by atoms with van der Waals surface area (Å²) >= 11 is 9.05. The molecule has 3 amide bonds. The SMILES string of the molecule is COc1cc(C=C2NC(=O)N(c3ccc(Cl)cc3)C2=O)cc(Br)c1O. The first-order valence-electron chi connectivity index (χ1n) is 7.10. The zero-order valence-electron chi connectivity index (χ0n) is 12.9. The predicted molar refractivity (Wildman–Crippen MR) is 97.8 cm³/mol. The fourth-order valence-electron chi connectivity index (χ4n) is 2.36. The molecule has 1 saturated heterocycles. The van der Waals surface area contributed by atoms with Gasteiger partial charge in [-0.2, -0.15) is 0 Å². The van der Waals surface area contributed by atoms with E-state index in [1.807, 2.05) is 0 Å². The molecule has 8 heteroatoms. The molecule has 1 aliphatic rings. The van der Waals surface area contributed by atoms with Crippen LogP contribution in [0.15, 0.2) is 46.6 Å². The molecule has 0 spiro atoms. The van der Waals surface area contributed by atoms with Crippen LogP contribution in [0.3, 0.4) is 0 Å². The Morgan fingerprint density at radius 3 is 2.56 bits per heavy atom. The summed E-state index contributed by atoms with van der Waals surface area (Å²) in [5, 5.41) is 12.9. The van der Waals surface area contributed by atoms with Gasteiger partial charge in [-0.25, -0.2) is 9.69 Å². The molecule has 0 radical (unpaired) electrons. The summed E-state index contributed by atoms with van der Waals surface area (Å²) in [6.07, 6.45) is 1.50. The lowest BCUT2D eigenvalue weighted by molar-refractivity contribution is -0.113. The summed E-state index contributed by atoms with van der Waals surface area (Å²) in [6, 6.07) is 8.98. The first kappa shape index (κ1) is 17.3. The number of methoxy groups -OCH3 is 1. The number of carbonyl (C=O) groups excluding carboxylic acids is 2. The van der Waals surface area contributed by atoms with Gasteiger partial charge in [0.25, 0.3) is 5.91 Å². The molecule has 6 nitrogen and oxygen atoms in total. The Kier molecular flexibility index (Phi) is 4.69. The minimum Gasteiger partial charge on any atom is -0.503 e. The summed E-state index contributed by atoms with van der Waals surface area (Å²) in [6.45, 7) is 0. The summed E-state index contributed by atoms with van der Waals surface area (Å²) in [4.78, 5) is 25.7. The molecule has 25 heavy (non-hydrogen) atoms. The zero-order chi connectivity index (χ0) is 18.1. The maximum atomic E-state index is 12.6. The van der Waals surface area contributed by atoms with Crippen LogP contribution in [0, 0.1) is 0 Å². The number of urea groups is 1. The number of amides is 3. The van der Waals surface area contributed by atoms with Crippen LogP contribution in [0.1, 0.15) is 5.56 Å². The van der Waals surface area contributed by atoms with E-state index in [1.165, 1.54) is 13.2 Å². The summed E-state index contributed by atoms with van der Waals surface area (Å²) in [5.74, 6) is -0.294. The zero-order valence-corrected chi connectivity index (χ0v) is 15.3. The van der Waals surface area contributed by atoms with Crippen molar-refractivity contribution < 1.29 is 19.4 Å². The predicted octanol–water partition coefficient (Wildman–Crippen LogP) is 3.91. The van der Waals surface area contributed by atoms with Gasteiger partial charge in [-0.15, -0.1) is 0 Å². The standard InChI is InChI=1S/C17H12BrClN2O4/c1-25-14-8-9(6-12(18)15(14)22)7-13-16(23)21(17(24)20-13)11-4-2-10(19)3-5-11/h2-8,22H,1H3,(H,20,24). The fraction of sp³-hybridized carbons (Fsp3) is 0.0588. The van der Waals surface area contributed by atoms with Gasteiger partial charge in [0.2, 0.25) is 0 Å². The number of anilines is 1. The van der Waals surface area contributed by atoms with Crippen molar-refractivity contribution in [2.75, 3.05) is 12.0 Å². The monoisotopic (exact) mass is 422 g/mol. The third-order valence-electron chi connectivity index (χ3n) is 3.54. The van der Waals surface area contributed by atoms with E-state index in [0.717, 1.165) is 4.90 Å². The molecule has 2 aromatic carbocycles. The van der Waals surface area contributed by atoms with Gasteiger partial charge < -0.3 is 15.2 Å². The van der Waals surface area contributed by atoms with Crippen LogP contribution in [0.5, 0.6) is 11.5 Å². The second-order valence-corrected chi connectivity index (χ2v) is 6.45. The minimum absolute atomic E-state index is 0.0470. The maximum absolute atomic E-state index is 12.6. The number of nitrogens with one attached hydrogen (secondary N) is 1. The Morgan fingerprint density at radius 2 is 1.92 bits per heavy atom. The largest absolute Gasteiger partial charge is 0.503 e. The Morgan fingerprint density at radius 1 is 1.24 bits per heavy atom. The molecule has 0 aromatic heterocycles. The Bertz CT molecular complexity index is 896. The average Bonchev–Trinajstić information content (AvgIpc) is 2.85. The first-order valence-corrected chi connectivity index (χ1v) is 8.27. The van der Waals surface area contributed by atoms with Crippen molar-refractivity contribution in [2.45, 2.75) is 0 Å². The second kappa shape index (κ2) is 6.78. The highest BCUT2D eigenvalue weighted by Gasteiger charge is 2.34. The van der Waals surface area contributed by atoms with Crippen molar-refractivity contribution in [1.29, 1.82) is 0 Å². The number of phenols is 1. The minimum atomic E-state index is -0.552. The van der Waals surface area contributed by atoms with E-state index in [-0.39, 0.29) is 17.2 Å². The number of ether oxygens (including phenoxy) is 1. The van der Waals surface area contributed by atoms with Gasteiger partial charge in [-0.3, -0.25) is 4.79 Å². The number of halogens is 2. The highest BCUT2D eigenvalue weighted by molar-refractivity contribution is 9.10. The highest BCUT2D eigenvalue weighted by atomic mass is 79.9. The molecule has 128 valence electrons. The van der Waals surface area contributed by atoms with E-state index in [9.17, 15) is 14.7 Å². The number of hydrogen-bond acceptors (Lipinski definition) is 4. The highest BCUT2D eigenvalue weighted by Crippen LogP contribution is 2.36. The van der Waals surface area contributed by atoms with Gasteiger partial charge in [-0.05, 0) is 64.0 Å². The van der Waals surface area contributed by atoms with E-state index < -0.39 is 11.9 Å². The van der Waals surface area contributed by atoms with Crippen molar-refractivity contribution in [1.82, 2.24) is 5.32 Å². The molecule has 2 N–H and O–H groups in total. The quantitative estimate of drug-likeness (QED) is 0.579. The lowest BCUT2D eigenvalue weighted by Gasteiger charge is -2.11. The molecule has 1 fully saturated rings. The Labute approximate surface area is 156 Å². The fourth-order valence-corrected chi connectivity index (χ4v) is 2.94. The van der Waals surface area contributed by atoms with Gasteiger partial charge in [-0.1, -0.05) is 11.6 Å². The van der Waals surface area contributed by atoms with E-state index >= 15 is 0 Å². The number of hydrogen-bond donors (Lipinski definition) is 2. The number of carbonyl (C=O) groups is 2. The van der Waals surface area contributed by atoms with E-state index in [1.54, 1.807) is 36.4 Å². The molecular weight excluding hydrogens is 412 g/mol. The smallest absolute Gasteiger partial charge is 0.333 e. The van der Waals surface area contributed by atoms with E-state index in [4.69, 9.17) is 16.3 Å². The van der Waals surface area contributed by atoms with Gasteiger partial charge in [0.05, 0.1) is 17.3 Å².